The number of benzene rings is 1. The number of nitrogens with zero attached hydrogens (tertiary/aromatic N) is 1. The molecule has 94 valence electrons. The first kappa shape index (κ1) is 12.4. The number of anilines is 1. The van der Waals surface area contributed by atoms with Gasteiger partial charge in [-0.3, -0.25) is 4.90 Å². The second-order valence-electron chi connectivity index (χ2n) is 5.45. The average Bonchev–Trinajstić information content (AvgIpc) is 2.29. The third kappa shape index (κ3) is 2.32. The molecule has 0 aromatic heterocycles. The molecule has 0 radical (unpaired) electrons. The molecule has 1 aliphatic heterocycles. The van der Waals surface area contributed by atoms with E-state index in [0.29, 0.717) is 11.5 Å². The van der Waals surface area contributed by atoms with Crippen LogP contribution < -0.4 is 5.73 Å². The van der Waals surface area contributed by atoms with Gasteiger partial charge in [-0.05, 0) is 42.9 Å². The van der Waals surface area contributed by atoms with E-state index in [1.807, 2.05) is 12.1 Å². The zero-order valence-electron chi connectivity index (χ0n) is 11.2. The van der Waals surface area contributed by atoms with Crippen molar-refractivity contribution in [2.75, 3.05) is 18.8 Å². The van der Waals surface area contributed by atoms with Crippen LogP contribution in [-0.2, 0) is 0 Å². The smallest absolute Gasteiger partial charge is 0.0320 e. The molecule has 1 atom stereocenters. The lowest BCUT2D eigenvalue weighted by Crippen LogP contribution is -2.56. The van der Waals surface area contributed by atoms with Crippen molar-refractivity contribution in [1.82, 2.24) is 4.90 Å². The van der Waals surface area contributed by atoms with Crippen molar-refractivity contribution in [2.24, 2.45) is 5.41 Å². The van der Waals surface area contributed by atoms with E-state index in [-0.39, 0.29) is 0 Å². The van der Waals surface area contributed by atoms with Gasteiger partial charge in [-0.15, -0.1) is 0 Å². The summed E-state index contributed by atoms with van der Waals surface area (Å²) in [4.78, 5) is 2.57. The van der Waals surface area contributed by atoms with Gasteiger partial charge < -0.3 is 5.73 Å². The molecule has 1 aromatic carbocycles. The Bertz CT molecular complexity index is 357. The summed E-state index contributed by atoms with van der Waals surface area (Å²) in [6.07, 6.45) is 2.60. The highest BCUT2D eigenvalue weighted by molar-refractivity contribution is 5.40. The van der Waals surface area contributed by atoms with E-state index in [1.165, 1.54) is 31.5 Å². The van der Waals surface area contributed by atoms with E-state index in [0.717, 1.165) is 5.69 Å². The summed E-state index contributed by atoms with van der Waals surface area (Å²) in [5.74, 6) is 0. The van der Waals surface area contributed by atoms with Crippen LogP contribution in [0, 0.1) is 5.41 Å². The van der Waals surface area contributed by atoms with Crippen LogP contribution in [0.2, 0.25) is 0 Å². The Hall–Kier alpha value is -1.02. The summed E-state index contributed by atoms with van der Waals surface area (Å²) in [5.41, 5.74) is 8.53. The first-order valence-corrected chi connectivity index (χ1v) is 6.70. The standard InChI is InChI=1S/C15H24N2/c1-4-15(5-2)10-17(11-15)12(3)13-6-8-14(16)9-7-13/h6-9,12H,4-5,10-11,16H2,1-3H3. The quantitative estimate of drug-likeness (QED) is 0.806. The molecule has 0 amide bonds. The molecule has 1 aromatic rings. The lowest BCUT2D eigenvalue weighted by atomic mass is 9.74. The third-order valence-electron chi connectivity index (χ3n) is 4.54. The van der Waals surface area contributed by atoms with E-state index in [2.05, 4.69) is 37.8 Å². The van der Waals surface area contributed by atoms with Crippen molar-refractivity contribution in [3.8, 4) is 0 Å². The summed E-state index contributed by atoms with van der Waals surface area (Å²) in [5, 5.41) is 0. The van der Waals surface area contributed by atoms with Crippen LogP contribution in [0.25, 0.3) is 0 Å². The summed E-state index contributed by atoms with van der Waals surface area (Å²) in [7, 11) is 0. The van der Waals surface area contributed by atoms with E-state index in [1.54, 1.807) is 0 Å². The number of hydrogen-bond acceptors (Lipinski definition) is 2. The maximum absolute atomic E-state index is 5.72. The molecule has 2 rings (SSSR count). The van der Waals surface area contributed by atoms with Gasteiger partial charge in [0, 0.05) is 24.8 Å². The molecular weight excluding hydrogens is 208 g/mol. The van der Waals surface area contributed by atoms with E-state index < -0.39 is 0 Å². The summed E-state index contributed by atoms with van der Waals surface area (Å²) >= 11 is 0. The summed E-state index contributed by atoms with van der Waals surface area (Å²) < 4.78 is 0. The highest BCUT2D eigenvalue weighted by Gasteiger charge is 2.41. The predicted molar refractivity (Wildman–Crippen MR) is 73.9 cm³/mol. The van der Waals surface area contributed by atoms with Gasteiger partial charge in [-0.2, -0.15) is 0 Å². The zero-order valence-corrected chi connectivity index (χ0v) is 11.2. The molecular formula is C15H24N2. The Labute approximate surface area is 105 Å². The van der Waals surface area contributed by atoms with Crippen LogP contribution in [0.3, 0.4) is 0 Å². The molecule has 17 heavy (non-hydrogen) atoms. The molecule has 1 saturated heterocycles. The van der Waals surface area contributed by atoms with Crippen LogP contribution >= 0.6 is 0 Å². The second kappa shape index (κ2) is 4.69. The molecule has 1 fully saturated rings. The summed E-state index contributed by atoms with van der Waals surface area (Å²) in [6.45, 7) is 9.40. The molecule has 0 bridgehead atoms. The number of nitrogens with two attached hydrogens (primary N) is 1. The molecule has 1 unspecified atom stereocenters. The van der Waals surface area contributed by atoms with Gasteiger partial charge in [-0.25, -0.2) is 0 Å². The molecule has 1 heterocycles. The minimum atomic E-state index is 0.516. The van der Waals surface area contributed by atoms with Gasteiger partial charge in [0.2, 0.25) is 0 Å². The van der Waals surface area contributed by atoms with Gasteiger partial charge >= 0.3 is 0 Å². The van der Waals surface area contributed by atoms with Crippen LogP contribution in [0.15, 0.2) is 24.3 Å². The Kier molecular flexibility index (Phi) is 3.43. The number of likely N-dealkylation sites (tertiary alicyclic amines) is 1. The molecule has 2 N–H and O–H groups in total. The molecule has 2 nitrogen and oxygen atoms in total. The second-order valence-corrected chi connectivity index (χ2v) is 5.45. The van der Waals surface area contributed by atoms with Crippen LogP contribution in [0.5, 0.6) is 0 Å². The Morgan fingerprint density at radius 1 is 1.18 bits per heavy atom. The fourth-order valence-corrected chi connectivity index (χ4v) is 2.77. The zero-order chi connectivity index (χ0) is 12.5. The fraction of sp³-hybridized carbons (Fsp3) is 0.600. The Morgan fingerprint density at radius 2 is 1.71 bits per heavy atom. The van der Waals surface area contributed by atoms with Gasteiger partial charge in [-0.1, -0.05) is 26.0 Å². The third-order valence-corrected chi connectivity index (χ3v) is 4.54. The van der Waals surface area contributed by atoms with Gasteiger partial charge in [0.05, 0.1) is 0 Å². The SMILES string of the molecule is CCC1(CC)CN(C(C)c2ccc(N)cc2)C1. The first-order valence-electron chi connectivity index (χ1n) is 6.70. The van der Waals surface area contributed by atoms with Crippen molar-refractivity contribution in [2.45, 2.75) is 39.7 Å². The van der Waals surface area contributed by atoms with Gasteiger partial charge in [0.1, 0.15) is 0 Å². The molecule has 0 aliphatic carbocycles. The van der Waals surface area contributed by atoms with Crippen molar-refractivity contribution in [3.05, 3.63) is 29.8 Å². The van der Waals surface area contributed by atoms with E-state index in [4.69, 9.17) is 5.73 Å². The number of rotatable bonds is 4. The van der Waals surface area contributed by atoms with E-state index >= 15 is 0 Å². The maximum Gasteiger partial charge on any atom is 0.0320 e. The highest BCUT2D eigenvalue weighted by Crippen LogP contribution is 2.41. The first-order chi connectivity index (χ1) is 8.10. The maximum atomic E-state index is 5.72. The number of nitrogen functional groups attached to an aromatic ring is 1. The average molecular weight is 232 g/mol. The lowest BCUT2D eigenvalue weighted by molar-refractivity contribution is -0.0330. The topological polar surface area (TPSA) is 29.3 Å². The minimum Gasteiger partial charge on any atom is -0.399 e. The van der Waals surface area contributed by atoms with Crippen molar-refractivity contribution >= 4 is 5.69 Å². The predicted octanol–water partition coefficient (Wildman–Crippen LogP) is 3.45. The monoisotopic (exact) mass is 232 g/mol. The normalized spacial score (nSPS) is 20.9. The van der Waals surface area contributed by atoms with Crippen LogP contribution in [-0.4, -0.2) is 18.0 Å². The largest absolute Gasteiger partial charge is 0.399 e. The minimum absolute atomic E-state index is 0.516. The molecule has 1 aliphatic rings. The Balaban J connectivity index is 1.99. The number of hydrogen-bond donors (Lipinski definition) is 1. The Morgan fingerprint density at radius 3 is 2.18 bits per heavy atom. The van der Waals surface area contributed by atoms with Crippen LogP contribution in [0.1, 0.15) is 45.2 Å². The van der Waals surface area contributed by atoms with Crippen molar-refractivity contribution < 1.29 is 0 Å². The van der Waals surface area contributed by atoms with Crippen LogP contribution in [0.4, 0.5) is 5.69 Å². The summed E-state index contributed by atoms with van der Waals surface area (Å²) in [6, 6.07) is 8.81. The molecule has 0 spiro atoms. The van der Waals surface area contributed by atoms with Gasteiger partial charge in [0.25, 0.3) is 0 Å². The molecule has 0 saturated carbocycles. The van der Waals surface area contributed by atoms with Crippen molar-refractivity contribution in [1.29, 1.82) is 0 Å². The highest BCUT2D eigenvalue weighted by atomic mass is 15.2. The molecule has 2 heteroatoms. The van der Waals surface area contributed by atoms with E-state index in [9.17, 15) is 0 Å². The lowest BCUT2D eigenvalue weighted by Gasteiger charge is -2.52. The van der Waals surface area contributed by atoms with Gasteiger partial charge in [0.15, 0.2) is 0 Å². The van der Waals surface area contributed by atoms with Crippen molar-refractivity contribution in [3.63, 3.8) is 0 Å². The fourth-order valence-electron chi connectivity index (χ4n) is 2.77.